The van der Waals surface area contributed by atoms with Gasteiger partial charge in [-0.2, -0.15) is 13.7 Å². The summed E-state index contributed by atoms with van der Waals surface area (Å²) >= 11 is 0. The first-order chi connectivity index (χ1) is 8.06. The number of hydrogen-bond acceptors (Lipinski definition) is 4. The first-order valence-electron chi connectivity index (χ1n) is 5.07. The maximum atomic E-state index is 11.7. The summed E-state index contributed by atoms with van der Waals surface area (Å²) in [5, 5.41) is 8.23. The maximum Gasteiger partial charge on any atom is 0.296 e. The molecule has 0 atom stereocenters. The van der Waals surface area contributed by atoms with Crippen molar-refractivity contribution in [3.63, 3.8) is 0 Å². The second kappa shape index (κ2) is 6.18. The van der Waals surface area contributed by atoms with Gasteiger partial charge in [0.15, 0.2) is 0 Å². The van der Waals surface area contributed by atoms with Crippen molar-refractivity contribution >= 4 is 10.1 Å². The van der Waals surface area contributed by atoms with Gasteiger partial charge >= 0.3 is 0 Å². The Bertz CT molecular complexity index is 524. The topological polar surface area (TPSA) is 67.2 Å². The van der Waals surface area contributed by atoms with Crippen molar-refractivity contribution in [2.45, 2.75) is 18.2 Å². The zero-order valence-electron chi connectivity index (χ0n) is 9.46. The minimum absolute atomic E-state index is 0.0361. The van der Waals surface area contributed by atoms with Gasteiger partial charge in [0, 0.05) is 6.08 Å². The van der Waals surface area contributed by atoms with Crippen LogP contribution in [0.25, 0.3) is 0 Å². The molecular weight excluding hydrogens is 238 g/mol. The lowest BCUT2D eigenvalue weighted by atomic mass is 10.2. The Balaban J connectivity index is 2.61. The quantitative estimate of drug-likeness (QED) is 0.457. The first kappa shape index (κ1) is 13.4. The largest absolute Gasteiger partial charge is 0.296 e. The molecule has 1 aromatic rings. The van der Waals surface area contributed by atoms with Crippen molar-refractivity contribution in [2.24, 2.45) is 0 Å². The third-order valence-corrected chi connectivity index (χ3v) is 3.35. The monoisotopic (exact) mass is 251 g/mol. The van der Waals surface area contributed by atoms with E-state index >= 15 is 0 Å². The number of nitriles is 1. The van der Waals surface area contributed by atoms with Crippen LogP contribution in [0.1, 0.15) is 12.0 Å². The molecule has 5 heteroatoms. The Morgan fingerprint density at radius 3 is 2.59 bits per heavy atom. The molecule has 1 aromatic carbocycles. The minimum Gasteiger partial charge on any atom is -0.266 e. The predicted molar refractivity (Wildman–Crippen MR) is 63.7 cm³/mol. The molecule has 17 heavy (non-hydrogen) atoms. The van der Waals surface area contributed by atoms with Crippen LogP contribution in [0.15, 0.2) is 41.3 Å². The van der Waals surface area contributed by atoms with E-state index in [1.807, 2.05) is 13.0 Å². The average Bonchev–Trinajstić information content (AvgIpc) is 2.29. The Kier molecular flexibility index (Phi) is 4.88. The van der Waals surface area contributed by atoms with E-state index in [1.54, 1.807) is 18.2 Å². The molecule has 0 heterocycles. The summed E-state index contributed by atoms with van der Waals surface area (Å²) in [6, 6.07) is 8.27. The predicted octanol–water partition coefficient (Wildman–Crippen LogP) is 2.17. The van der Waals surface area contributed by atoms with Gasteiger partial charge in [-0.3, -0.25) is 4.18 Å². The number of allylic oxidation sites excluding steroid dienone is 1. The van der Waals surface area contributed by atoms with E-state index in [-0.39, 0.29) is 11.5 Å². The van der Waals surface area contributed by atoms with E-state index in [2.05, 4.69) is 0 Å². The molecule has 0 fully saturated rings. The smallest absolute Gasteiger partial charge is 0.266 e. The van der Waals surface area contributed by atoms with Crippen LogP contribution in [0.5, 0.6) is 0 Å². The van der Waals surface area contributed by atoms with E-state index in [9.17, 15) is 8.42 Å². The molecule has 0 bridgehead atoms. The van der Waals surface area contributed by atoms with Crippen LogP contribution in [0.3, 0.4) is 0 Å². The molecule has 0 amide bonds. The third kappa shape index (κ3) is 4.39. The molecule has 0 aliphatic rings. The zero-order chi connectivity index (χ0) is 12.7. The first-order valence-corrected chi connectivity index (χ1v) is 6.48. The highest BCUT2D eigenvalue weighted by Crippen LogP contribution is 2.13. The molecule has 0 aliphatic carbocycles. The zero-order valence-corrected chi connectivity index (χ0v) is 10.3. The fourth-order valence-electron chi connectivity index (χ4n) is 1.13. The van der Waals surface area contributed by atoms with E-state index in [0.29, 0.717) is 6.42 Å². The maximum absolute atomic E-state index is 11.7. The molecule has 0 unspecified atom stereocenters. The molecule has 1 rings (SSSR count). The molecule has 0 saturated heterocycles. The summed E-state index contributed by atoms with van der Waals surface area (Å²) in [7, 11) is -3.68. The van der Waals surface area contributed by atoms with Crippen molar-refractivity contribution in [1.82, 2.24) is 0 Å². The Morgan fingerprint density at radius 1 is 1.35 bits per heavy atom. The van der Waals surface area contributed by atoms with Crippen LogP contribution in [-0.2, 0) is 14.3 Å². The van der Waals surface area contributed by atoms with Gasteiger partial charge in [0.1, 0.15) is 0 Å². The number of rotatable bonds is 5. The van der Waals surface area contributed by atoms with Gasteiger partial charge in [0.25, 0.3) is 10.1 Å². The highest BCUT2D eigenvalue weighted by atomic mass is 32.2. The van der Waals surface area contributed by atoms with Gasteiger partial charge in [0.05, 0.1) is 17.6 Å². The van der Waals surface area contributed by atoms with E-state index in [1.165, 1.54) is 18.2 Å². The molecule has 0 aliphatic heterocycles. The lowest BCUT2D eigenvalue weighted by Crippen LogP contribution is -2.07. The van der Waals surface area contributed by atoms with E-state index < -0.39 is 10.1 Å². The normalized spacial score (nSPS) is 11.5. The molecule has 0 spiro atoms. The van der Waals surface area contributed by atoms with Crippen LogP contribution < -0.4 is 0 Å². The molecule has 90 valence electrons. The Labute approximate surface area is 101 Å². The summed E-state index contributed by atoms with van der Waals surface area (Å²) in [6.07, 6.45) is 3.24. The molecule has 0 radical (unpaired) electrons. The highest BCUT2D eigenvalue weighted by Gasteiger charge is 2.13. The van der Waals surface area contributed by atoms with Crippen LogP contribution in [0.4, 0.5) is 0 Å². The lowest BCUT2D eigenvalue weighted by molar-refractivity contribution is 0.324. The lowest BCUT2D eigenvalue weighted by Gasteiger charge is -2.04. The van der Waals surface area contributed by atoms with Crippen molar-refractivity contribution in [3.05, 3.63) is 42.0 Å². The summed E-state index contributed by atoms with van der Waals surface area (Å²) in [5.41, 5.74) is 0.987. The Morgan fingerprint density at radius 2 is 2.00 bits per heavy atom. The SMILES string of the molecule is Cc1ccc(S(=O)(=O)OCC/C=C/C#N)cc1. The van der Waals surface area contributed by atoms with Crippen LogP contribution in [0, 0.1) is 18.3 Å². The van der Waals surface area contributed by atoms with Crippen molar-refractivity contribution in [2.75, 3.05) is 6.61 Å². The standard InChI is InChI=1S/C12H13NO3S/c1-11-5-7-12(8-6-11)17(14,15)16-10-4-2-3-9-13/h2-3,5-8H,4,10H2,1H3/b3-2+. The van der Waals surface area contributed by atoms with Gasteiger partial charge < -0.3 is 0 Å². The molecule has 4 nitrogen and oxygen atoms in total. The second-order valence-corrected chi connectivity index (χ2v) is 5.02. The van der Waals surface area contributed by atoms with Gasteiger partial charge in [-0.25, -0.2) is 0 Å². The fourth-order valence-corrected chi connectivity index (χ4v) is 2.06. The van der Waals surface area contributed by atoms with Crippen LogP contribution >= 0.6 is 0 Å². The van der Waals surface area contributed by atoms with E-state index in [0.717, 1.165) is 5.56 Å². The number of benzene rings is 1. The van der Waals surface area contributed by atoms with Gasteiger partial charge in [-0.05, 0) is 25.5 Å². The summed E-state index contributed by atoms with van der Waals surface area (Å²) in [5.74, 6) is 0. The second-order valence-electron chi connectivity index (χ2n) is 3.41. The van der Waals surface area contributed by atoms with Gasteiger partial charge in [-0.1, -0.05) is 23.8 Å². The van der Waals surface area contributed by atoms with Crippen molar-refractivity contribution < 1.29 is 12.6 Å². The van der Waals surface area contributed by atoms with Crippen molar-refractivity contribution in [1.29, 1.82) is 5.26 Å². The molecule has 0 N–H and O–H groups in total. The minimum atomic E-state index is -3.68. The Hall–Kier alpha value is -1.64. The van der Waals surface area contributed by atoms with E-state index in [4.69, 9.17) is 9.44 Å². The number of nitrogens with zero attached hydrogens (tertiary/aromatic N) is 1. The number of aryl methyl sites for hydroxylation is 1. The molecular formula is C12H13NO3S. The van der Waals surface area contributed by atoms with Gasteiger partial charge in [-0.15, -0.1) is 0 Å². The summed E-state index contributed by atoms with van der Waals surface area (Å²) in [6.45, 7) is 1.92. The van der Waals surface area contributed by atoms with Crippen molar-refractivity contribution in [3.8, 4) is 6.07 Å². The third-order valence-electron chi connectivity index (χ3n) is 2.03. The van der Waals surface area contributed by atoms with Gasteiger partial charge in [0.2, 0.25) is 0 Å². The van der Waals surface area contributed by atoms with Crippen LogP contribution in [0.2, 0.25) is 0 Å². The average molecular weight is 251 g/mol. The summed E-state index contributed by atoms with van der Waals surface area (Å²) < 4.78 is 28.1. The highest BCUT2D eigenvalue weighted by molar-refractivity contribution is 7.86. The number of hydrogen-bond donors (Lipinski definition) is 0. The van der Waals surface area contributed by atoms with Crippen LogP contribution in [-0.4, -0.2) is 15.0 Å². The molecule has 0 aromatic heterocycles. The molecule has 0 saturated carbocycles. The summed E-state index contributed by atoms with van der Waals surface area (Å²) in [4.78, 5) is 0.146. The fraction of sp³-hybridized carbons (Fsp3) is 0.250.